The summed E-state index contributed by atoms with van der Waals surface area (Å²) in [6, 6.07) is 10.2. The topological polar surface area (TPSA) is 34.2 Å². The van der Waals surface area contributed by atoms with Gasteiger partial charge in [-0.1, -0.05) is 35.0 Å². The molecule has 1 aromatic heterocycles. The van der Waals surface area contributed by atoms with Crippen LogP contribution in [0.3, 0.4) is 0 Å². The third-order valence-electron chi connectivity index (χ3n) is 3.23. The third kappa shape index (κ3) is 3.19. The number of aryl methyl sites for hydroxylation is 1. The first-order valence-electron chi connectivity index (χ1n) is 6.65. The van der Waals surface area contributed by atoms with Gasteiger partial charge < -0.3 is 10.1 Å². The Morgan fingerprint density at radius 3 is 2.80 bits per heavy atom. The van der Waals surface area contributed by atoms with Crippen LogP contribution in [0.4, 0.5) is 0 Å². The monoisotopic (exact) mass is 334 g/mol. The summed E-state index contributed by atoms with van der Waals surface area (Å²) in [5.74, 6) is 0.801. The van der Waals surface area contributed by atoms with E-state index in [0.29, 0.717) is 0 Å². The standard InChI is InChI=1S/C16H19BrN2O/c1-4-18-15(12-8-7-11(2)13(17)10-12)16-14(20-3)6-5-9-19-16/h5-10,15,18H,4H2,1-3H3. The van der Waals surface area contributed by atoms with Gasteiger partial charge in [0.2, 0.25) is 0 Å². The van der Waals surface area contributed by atoms with Crippen LogP contribution in [0.15, 0.2) is 41.0 Å². The van der Waals surface area contributed by atoms with E-state index in [2.05, 4.69) is 58.3 Å². The van der Waals surface area contributed by atoms with Crippen LogP contribution in [0.5, 0.6) is 5.75 Å². The Labute approximate surface area is 128 Å². The highest BCUT2D eigenvalue weighted by atomic mass is 79.9. The summed E-state index contributed by atoms with van der Waals surface area (Å²) < 4.78 is 6.54. The van der Waals surface area contributed by atoms with Crippen LogP contribution in [-0.4, -0.2) is 18.6 Å². The third-order valence-corrected chi connectivity index (χ3v) is 4.08. The van der Waals surface area contributed by atoms with Gasteiger partial charge in [0, 0.05) is 10.7 Å². The van der Waals surface area contributed by atoms with Crippen molar-refractivity contribution in [3.8, 4) is 5.75 Å². The number of methoxy groups -OCH3 is 1. The van der Waals surface area contributed by atoms with Crippen LogP contribution in [0.1, 0.15) is 29.8 Å². The minimum absolute atomic E-state index is 0.0213. The molecule has 2 rings (SSSR count). The zero-order valence-corrected chi connectivity index (χ0v) is 13.6. The largest absolute Gasteiger partial charge is 0.495 e. The Hall–Kier alpha value is -1.39. The maximum atomic E-state index is 5.43. The molecule has 0 aliphatic rings. The van der Waals surface area contributed by atoms with Crippen molar-refractivity contribution in [3.63, 3.8) is 0 Å². The molecule has 4 heteroatoms. The number of aromatic nitrogens is 1. The summed E-state index contributed by atoms with van der Waals surface area (Å²) >= 11 is 3.59. The number of hydrogen-bond donors (Lipinski definition) is 1. The first kappa shape index (κ1) is 15.0. The van der Waals surface area contributed by atoms with E-state index in [-0.39, 0.29) is 6.04 Å². The van der Waals surface area contributed by atoms with Crippen LogP contribution in [-0.2, 0) is 0 Å². The van der Waals surface area contributed by atoms with Gasteiger partial charge in [-0.15, -0.1) is 0 Å². The van der Waals surface area contributed by atoms with Crippen LogP contribution < -0.4 is 10.1 Å². The summed E-state index contributed by atoms with van der Waals surface area (Å²) in [7, 11) is 1.68. The van der Waals surface area contributed by atoms with Crippen molar-refractivity contribution in [2.75, 3.05) is 13.7 Å². The number of benzene rings is 1. The van der Waals surface area contributed by atoms with Gasteiger partial charge in [-0.05, 0) is 42.8 Å². The molecule has 0 saturated heterocycles. The van der Waals surface area contributed by atoms with Crippen molar-refractivity contribution in [2.45, 2.75) is 19.9 Å². The maximum absolute atomic E-state index is 5.43. The minimum Gasteiger partial charge on any atom is -0.495 e. The van der Waals surface area contributed by atoms with E-state index in [1.807, 2.05) is 12.1 Å². The van der Waals surface area contributed by atoms with Crippen molar-refractivity contribution >= 4 is 15.9 Å². The van der Waals surface area contributed by atoms with Crippen LogP contribution >= 0.6 is 15.9 Å². The molecule has 3 nitrogen and oxygen atoms in total. The number of nitrogens with zero attached hydrogens (tertiary/aromatic N) is 1. The second-order valence-electron chi connectivity index (χ2n) is 4.59. The smallest absolute Gasteiger partial charge is 0.142 e. The van der Waals surface area contributed by atoms with Crippen molar-refractivity contribution in [1.29, 1.82) is 0 Å². The van der Waals surface area contributed by atoms with Crippen molar-refractivity contribution < 1.29 is 4.74 Å². The lowest BCUT2D eigenvalue weighted by Crippen LogP contribution is -2.23. The first-order valence-corrected chi connectivity index (χ1v) is 7.45. The molecular formula is C16H19BrN2O. The SMILES string of the molecule is CCNC(c1ccc(C)c(Br)c1)c1ncccc1OC. The lowest BCUT2D eigenvalue weighted by atomic mass is 10.0. The Kier molecular flexibility index (Phi) is 5.15. The van der Waals surface area contributed by atoms with Gasteiger partial charge in [-0.3, -0.25) is 4.98 Å². The molecule has 0 fully saturated rings. The summed E-state index contributed by atoms with van der Waals surface area (Å²) in [4.78, 5) is 4.49. The van der Waals surface area contributed by atoms with E-state index in [1.54, 1.807) is 13.3 Å². The molecule has 1 N–H and O–H groups in total. The first-order chi connectivity index (χ1) is 9.67. The highest BCUT2D eigenvalue weighted by Gasteiger charge is 2.19. The Bertz CT molecular complexity index is 586. The zero-order chi connectivity index (χ0) is 14.5. The molecule has 0 radical (unpaired) electrons. The lowest BCUT2D eigenvalue weighted by molar-refractivity contribution is 0.400. The second kappa shape index (κ2) is 6.86. The van der Waals surface area contributed by atoms with Gasteiger partial charge >= 0.3 is 0 Å². The van der Waals surface area contributed by atoms with Crippen molar-refractivity contribution in [1.82, 2.24) is 10.3 Å². The maximum Gasteiger partial charge on any atom is 0.142 e. The molecule has 0 amide bonds. The summed E-state index contributed by atoms with van der Waals surface area (Å²) in [5, 5.41) is 3.47. The fourth-order valence-electron chi connectivity index (χ4n) is 2.16. The van der Waals surface area contributed by atoms with Crippen LogP contribution in [0.2, 0.25) is 0 Å². The normalized spacial score (nSPS) is 12.2. The number of ether oxygens (including phenoxy) is 1. The summed E-state index contributed by atoms with van der Waals surface area (Å²) in [5.41, 5.74) is 3.30. The molecule has 0 aliphatic carbocycles. The van der Waals surface area contributed by atoms with Gasteiger partial charge in [-0.2, -0.15) is 0 Å². The van der Waals surface area contributed by atoms with E-state index in [4.69, 9.17) is 4.74 Å². The molecule has 106 valence electrons. The lowest BCUT2D eigenvalue weighted by Gasteiger charge is -2.20. The molecule has 0 spiro atoms. The van der Waals surface area contributed by atoms with E-state index in [1.165, 1.54) is 11.1 Å². The molecule has 0 saturated carbocycles. The molecule has 20 heavy (non-hydrogen) atoms. The fraction of sp³-hybridized carbons (Fsp3) is 0.312. The van der Waals surface area contributed by atoms with Crippen molar-refractivity contribution in [3.05, 3.63) is 57.8 Å². The molecule has 0 bridgehead atoms. The Morgan fingerprint density at radius 1 is 1.35 bits per heavy atom. The quantitative estimate of drug-likeness (QED) is 0.901. The van der Waals surface area contributed by atoms with Gasteiger partial charge in [0.25, 0.3) is 0 Å². The number of hydrogen-bond acceptors (Lipinski definition) is 3. The average molecular weight is 335 g/mol. The highest BCUT2D eigenvalue weighted by molar-refractivity contribution is 9.10. The van der Waals surface area contributed by atoms with E-state index < -0.39 is 0 Å². The number of rotatable bonds is 5. The van der Waals surface area contributed by atoms with E-state index >= 15 is 0 Å². The highest BCUT2D eigenvalue weighted by Crippen LogP contribution is 2.30. The van der Waals surface area contributed by atoms with Gasteiger partial charge in [0.15, 0.2) is 0 Å². The predicted octanol–water partition coefficient (Wildman–Crippen LogP) is 3.86. The zero-order valence-electron chi connectivity index (χ0n) is 12.0. The molecule has 1 unspecified atom stereocenters. The fourth-order valence-corrected chi connectivity index (χ4v) is 2.55. The van der Waals surface area contributed by atoms with Gasteiger partial charge in [-0.25, -0.2) is 0 Å². The Balaban J connectivity index is 2.47. The molecular weight excluding hydrogens is 316 g/mol. The molecule has 1 aromatic carbocycles. The number of nitrogens with one attached hydrogen (secondary N) is 1. The van der Waals surface area contributed by atoms with E-state index in [9.17, 15) is 0 Å². The number of halogens is 1. The second-order valence-corrected chi connectivity index (χ2v) is 5.44. The van der Waals surface area contributed by atoms with Crippen LogP contribution in [0.25, 0.3) is 0 Å². The van der Waals surface area contributed by atoms with Crippen molar-refractivity contribution in [2.24, 2.45) is 0 Å². The van der Waals surface area contributed by atoms with Gasteiger partial charge in [0.05, 0.1) is 13.2 Å². The summed E-state index contributed by atoms with van der Waals surface area (Å²) in [6.45, 7) is 5.03. The molecule has 1 atom stereocenters. The molecule has 2 aromatic rings. The summed E-state index contributed by atoms with van der Waals surface area (Å²) in [6.07, 6.45) is 1.80. The molecule has 1 heterocycles. The predicted molar refractivity (Wildman–Crippen MR) is 85.2 cm³/mol. The molecule has 0 aliphatic heterocycles. The Morgan fingerprint density at radius 2 is 2.15 bits per heavy atom. The average Bonchev–Trinajstić information content (AvgIpc) is 2.48. The van der Waals surface area contributed by atoms with E-state index in [0.717, 1.165) is 22.5 Å². The minimum atomic E-state index is 0.0213. The van der Waals surface area contributed by atoms with Crippen LogP contribution in [0, 0.1) is 6.92 Å². The van der Waals surface area contributed by atoms with Gasteiger partial charge in [0.1, 0.15) is 11.4 Å². The number of pyridine rings is 1.